The van der Waals surface area contributed by atoms with E-state index in [9.17, 15) is 4.79 Å². The van der Waals surface area contributed by atoms with Crippen molar-refractivity contribution in [2.75, 3.05) is 5.32 Å². The second kappa shape index (κ2) is 9.15. The molecule has 0 saturated heterocycles. The first kappa shape index (κ1) is 22.5. The minimum Gasteiger partial charge on any atom is -0.321 e. The molecular weight excluding hydrogens is 512 g/mol. The Morgan fingerprint density at radius 2 is 1.79 bits per heavy atom. The number of carbonyl (C=O) groups excluding carboxylic acids is 1. The molecule has 172 valence electrons. The van der Waals surface area contributed by atoms with Crippen LogP contribution in [-0.4, -0.2) is 30.5 Å². The van der Waals surface area contributed by atoms with E-state index in [1.165, 1.54) is 0 Å². The average Bonchev–Trinajstić information content (AvgIpc) is 3.52. The molecule has 4 aromatic heterocycles. The van der Waals surface area contributed by atoms with Gasteiger partial charge in [0.1, 0.15) is 6.54 Å². The van der Waals surface area contributed by atoms with Gasteiger partial charge in [-0.05, 0) is 56.0 Å². The Hall–Kier alpha value is -3.30. The average molecular weight is 535 g/mol. The zero-order valence-electron chi connectivity index (χ0n) is 19.0. The Morgan fingerprint density at radius 3 is 2.53 bits per heavy atom. The van der Waals surface area contributed by atoms with Crippen LogP contribution in [0.25, 0.3) is 21.5 Å². The van der Waals surface area contributed by atoms with Crippen LogP contribution in [0.3, 0.4) is 0 Å². The summed E-state index contributed by atoms with van der Waals surface area (Å²) in [7, 11) is 0. The van der Waals surface area contributed by atoms with Gasteiger partial charge in [0.25, 0.3) is 0 Å². The number of pyridine rings is 1. The molecule has 7 nitrogen and oxygen atoms in total. The number of nitrogens with one attached hydrogen (secondary N) is 1. The molecule has 0 bridgehead atoms. The quantitative estimate of drug-likeness (QED) is 0.301. The first-order valence-corrected chi connectivity index (χ1v) is 12.5. The summed E-state index contributed by atoms with van der Waals surface area (Å²) in [5.41, 5.74) is 6.22. The van der Waals surface area contributed by atoms with Gasteiger partial charge < -0.3 is 5.32 Å². The van der Waals surface area contributed by atoms with Crippen molar-refractivity contribution < 1.29 is 4.79 Å². The monoisotopic (exact) mass is 534 g/mol. The van der Waals surface area contributed by atoms with Gasteiger partial charge in [-0.1, -0.05) is 34.1 Å². The lowest BCUT2D eigenvalue weighted by Crippen LogP contribution is -2.20. The van der Waals surface area contributed by atoms with Gasteiger partial charge in [0, 0.05) is 21.1 Å². The standard InChI is InChI=1S/C25H23BrN6OS/c1-15-23-20(21-5-4-12-34-21)10-11-27-25(23)32(29-15)14-22(33)28-24-16(2)30-31(17(24)3)13-18-6-8-19(26)9-7-18/h4-12H,13-14H2,1-3H3,(H,28,33). The second-order valence-corrected chi connectivity index (χ2v) is 10.0. The Bertz CT molecular complexity index is 1480. The zero-order valence-corrected chi connectivity index (χ0v) is 21.4. The molecule has 0 spiro atoms. The van der Waals surface area contributed by atoms with Crippen LogP contribution in [0.15, 0.2) is 58.5 Å². The summed E-state index contributed by atoms with van der Waals surface area (Å²) in [6.45, 7) is 6.53. The van der Waals surface area contributed by atoms with Crippen molar-refractivity contribution in [1.82, 2.24) is 24.5 Å². The third-order valence-corrected chi connectivity index (χ3v) is 7.21. The van der Waals surface area contributed by atoms with Gasteiger partial charge in [-0.25, -0.2) is 9.67 Å². The van der Waals surface area contributed by atoms with Crippen LogP contribution in [0.2, 0.25) is 0 Å². The predicted octanol–water partition coefficient (Wildman–Crippen LogP) is 5.73. The Morgan fingerprint density at radius 1 is 1.03 bits per heavy atom. The number of aromatic nitrogens is 5. The second-order valence-electron chi connectivity index (χ2n) is 8.16. The molecule has 5 rings (SSSR count). The minimum absolute atomic E-state index is 0.0714. The van der Waals surface area contributed by atoms with E-state index in [0.717, 1.165) is 48.6 Å². The Labute approximate surface area is 209 Å². The van der Waals surface area contributed by atoms with Gasteiger partial charge in [-0.15, -0.1) is 11.3 Å². The van der Waals surface area contributed by atoms with E-state index in [1.54, 1.807) is 22.2 Å². The van der Waals surface area contributed by atoms with Crippen LogP contribution in [0.5, 0.6) is 0 Å². The number of carbonyl (C=O) groups is 1. The molecular formula is C25H23BrN6OS. The molecule has 0 radical (unpaired) electrons. The summed E-state index contributed by atoms with van der Waals surface area (Å²) in [5.74, 6) is -0.165. The van der Waals surface area contributed by atoms with Crippen LogP contribution >= 0.6 is 27.3 Å². The predicted molar refractivity (Wildman–Crippen MR) is 139 cm³/mol. The lowest BCUT2D eigenvalue weighted by Gasteiger charge is -2.08. The number of hydrogen-bond donors (Lipinski definition) is 1. The first-order chi connectivity index (χ1) is 16.4. The van der Waals surface area contributed by atoms with E-state index in [-0.39, 0.29) is 12.5 Å². The van der Waals surface area contributed by atoms with Crippen molar-refractivity contribution in [2.24, 2.45) is 0 Å². The fourth-order valence-corrected chi connectivity index (χ4v) is 5.16. The first-order valence-electron chi connectivity index (χ1n) is 10.8. The lowest BCUT2D eigenvalue weighted by atomic mass is 10.1. The highest BCUT2D eigenvalue weighted by atomic mass is 79.9. The molecule has 34 heavy (non-hydrogen) atoms. The summed E-state index contributed by atoms with van der Waals surface area (Å²) in [4.78, 5) is 18.7. The molecule has 0 aliphatic carbocycles. The van der Waals surface area contributed by atoms with Crippen LogP contribution in [0.4, 0.5) is 5.69 Å². The van der Waals surface area contributed by atoms with Crippen LogP contribution in [-0.2, 0) is 17.9 Å². The van der Waals surface area contributed by atoms with Gasteiger partial charge >= 0.3 is 0 Å². The van der Waals surface area contributed by atoms with Gasteiger partial charge in [-0.3, -0.25) is 9.48 Å². The number of benzene rings is 1. The maximum absolute atomic E-state index is 13.0. The van der Waals surface area contributed by atoms with E-state index in [4.69, 9.17) is 0 Å². The molecule has 1 amide bonds. The largest absolute Gasteiger partial charge is 0.321 e. The van der Waals surface area contributed by atoms with Gasteiger partial charge in [0.15, 0.2) is 5.65 Å². The van der Waals surface area contributed by atoms with Crippen molar-refractivity contribution in [3.63, 3.8) is 0 Å². The van der Waals surface area contributed by atoms with Gasteiger partial charge in [-0.2, -0.15) is 10.2 Å². The maximum atomic E-state index is 13.0. The normalized spacial score (nSPS) is 11.3. The van der Waals surface area contributed by atoms with Crippen molar-refractivity contribution in [3.8, 4) is 10.4 Å². The number of fused-ring (bicyclic) bond motifs is 1. The molecule has 0 saturated carbocycles. The number of hydrogen-bond acceptors (Lipinski definition) is 5. The Kier molecular flexibility index (Phi) is 6.05. The highest BCUT2D eigenvalue weighted by Crippen LogP contribution is 2.32. The number of thiophene rings is 1. The lowest BCUT2D eigenvalue weighted by molar-refractivity contribution is -0.116. The fourth-order valence-electron chi connectivity index (χ4n) is 4.14. The van der Waals surface area contributed by atoms with Gasteiger partial charge in [0.2, 0.25) is 5.91 Å². The topological polar surface area (TPSA) is 77.6 Å². The number of halogens is 1. The minimum atomic E-state index is -0.165. The fraction of sp³-hybridized carbons (Fsp3) is 0.200. The van der Waals surface area contributed by atoms with E-state index < -0.39 is 0 Å². The van der Waals surface area contributed by atoms with E-state index in [0.29, 0.717) is 12.2 Å². The highest BCUT2D eigenvalue weighted by Gasteiger charge is 2.19. The SMILES string of the molecule is Cc1nn(Cc2ccc(Br)cc2)c(C)c1NC(=O)Cn1nc(C)c2c(-c3cccs3)ccnc21. The van der Waals surface area contributed by atoms with E-state index in [2.05, 4.69) is 60.0 Å². The maximum Gasteiger partial charge on any atom is 0.246 e. The molecule has 9 heteroatoms. The summed E-state index contributed by atoms with van der Waals surface area (Å²) in [6, 6.07) is 14.3. The molecule has 1 N–H and O–H groups in total. The molecule has 4 heterocycles. The number of anilines is 1. The zero-order chi connectivity index (χ0) is 23.8. The van der Waals surface area contributed by atoms with Crippen molar-refractivity contribution >= 4 is 49.9 Å². The van der Waals surface area contributed by atoms with Crippen molar-refractivity contribution in [3.05, 3.63) is 81.2 Å². The van der Waals surface area contributed by atoms with E-state index >= 15 is 0 Å². The number of aryl methyl sites for hydroxylation is 2. The molecule has 0 aliphatic rings. The summed E-state index contributed by atoms with van der Waals surface area (Å²) in [5, 5.41) is 15.3. The summed E-state index contributed by atoms with van der Waals surface area (Å²) < 4.78 is 4.63. The highest BCUT2D eigenvalue weighted by molar-refractivity contribution is 9.10. The number of amides is 1. The third-order valence-electron chi connectivity index (χ3n) is 5.78. The summed E-state index contributed by atoms with van der Waals surface area (Å²) in [6.07, 6.45) is 1.77. The van der Waals surface area contributed by atoms with Crippen molar-refractivity contribution in [1.29, 1.82) is 0 Å². The van der Waals surface area contributed by atoms with Crippen LogP contribution in [0.1, 0.15) is 22.6 Å². The van der Waals surface area contributed by atoms with Crippen LogP contribution < -0.4 is 5.32 Å². The molecule has 0 aliphatic heterocycles. The molecule has 0 fully saturated rings. The molecule has 0 unspecified atom stereocenters. The number of rotatable bonds is 6. The van der Waals surface area contributed by atoms with Crippen LogP contribution in [0, 0.1) is 20.8 Å². The summed E-state index contributed by atoms with van der Waals surface area (Å²) >= 11 is 5.14. The molecule has 1 aromatic carbocycles. The smallest absolute Gasteiger partial charge is 0.246 e. The third kappa shape index (κ3) is 4.28. The molecule has 0 atom stereocenters. The molecule has 5 aromatic rings. The Balaban J connectivity index is 1.37. The number of nitrogens with zero attached hydrogens (tertiary/aromatic N) is 5. The van der Waals surface area contributed by atoms with Gasteiger partial charge in [0.05, 0.1) is 34.7 Å². The van der Waals surface area contributed by atoms with Crippen molar-refractivity contribution in [2.45, 2.75) is 33.9 Å². The van der Waals surface area contributed by atoms with E-state index in [1.807, 2.05) is 49.7 Å².